The molecule has 5 heteroatoms. The molecule has 0 spiro atoms. The van der Waals surface area contributed by atoms with Crippen LogP contribution in [0.2, 0.25) is 0 Å². The molecule has 0 aliphatic heterocycles. The van der Waals surface area contributed by atoms with Crippen LogP contribution in [0.5, 0.6) is 5.75 Å². The van der Waals surface area contributed by atoms with Gasteiger partial charge in [0.15, 0.2) is 11.6 Å². The molecule has 0 amide bonds. The van der Waals surface area contributed by atoms with E-state index in [1.807, 2.05) is 13.0 Å². The molecule has 120 valence electrons. The maximum Gasteiger partial charge on any atom is 0.165 e. The average molecular weight is 299 g/mol. The van der Waals surface area contributed by atoms with Crippen molar-refractivity contribution in [3.8, 4) is 5.75 Å². The van der Waals surface area contributed by atoms with Crippen LogP contribution in [-0.4, -0.2) is 40.1 Å². The van der Waals surface area contributed by atoms with Crippen molar-refractivity contribution < 1.29 is 18.6 Å². The lowest BCUT2D eigenvalue weighted by molar-refractivity contribution is 0.0535. The lowest BCUT2D eigenvalue weighted by atomic mass is 10.1. The molecule has 0 heterocycles. The number of methoxy groups -OCH3 is 1. The molecule has 0 aromatic heterocycles. The summed E-state index contributed by atoms with van der Waals surface area (Å²) < 4.78 is 29.7. The molecule has 0 saturated carbocycles. The SMILES string of the molecule is CCCNC(C)c1cccc(F)c1OCCOCCOC. The summed E-state index contributed by atoms with van der Waals surface area (Å²) in [6.45, 7) is 6.77. The summed E-state index contributed by atoms with van der Waals surface area (Å²) in [5.41, 5.74) is 0.834. The number of ether oxygens (including phenoxy) is 3. The fraction of sp³-hybridized carbons (Fsp3) is 0.625. The van der Waals surface area contributed by atoms with Crippen molar-refractivity contribution in [3.05, 3.63) is 29.6 Å². The molecule has 0 bridgehead atoms. The van der Waals surface area contributed by atoms with Gasteiger partial charge in [0.05, 0.1) is 19.8 Å². The maximum atomic E-state index is 13.9. The van der Waals surface area contributed by atoms with Crippen LogP contribution in [0.25, 0.3) is 0 Å². The summed E-state index contributed by atoms with van der Waals surface area (Å²) in [4.78, 5) is 0. The van der Waals surface area contributed by atoms with Crippen molar-refractivity contribution >= 4 is 0 Å². The predicted octanol–water partition coefficient (Wildman–Crippen LogP) is 2.93. The Morgan fingerprint density at radius 1 is 1.19 bits per heavy atom. The van der Waals surface area contributed by atoms with E-state index in [0.717, 1.165) is 18.5 Å². The van der Waals surface area contributed by atoms with E-state index in [4.69, 9.17) is 14.2 Å². The molecule has 1 aromatic rings. The third kappa shape index (κ3) is 6.42. The molecule has 0 saturated heterocycles. The highest BCUT2D eigenvalue weighted by molar-refractivity contribution is 5.37. The molecule has 1 rings (SSSR count). The molecule has 21 heavy (non-hydrogen) atoms. The smallest absolute Gasteiger partial charge is 0.165 e. The first-order valence-corrected chi connectivity index (χ1v) is 7.42. The van der Waals surface area contributed by atoms with E-state index in [1.54, 1.807) is 13.2 Å². The van der Waals surface area contributed by atoms with Crippen LogP contribution in [0.1, 0.15) is 31.9 Å². The van der Waals surface area contributed by atoms with Gasteiger partial charge in [-0.1, -0.05) is 19.1 Å². The first-order chi connectivity index (χ1) is 10.2. The Bertz CT molecular complexity index is 401. The quantitative estimate of drug-likeness (QED) is 0.638. The Labute approximate surface area is 126 Å². The van der Waals surface area contributed by atoms with Crippen LogP contribution >= 0.6 is 0 Å². The Morgan fingerprint density at radius 2 is 1.95 bits per heavy atom. The van der Waals surface area contributed by atoms with E-state index in [-0.39, 0.29) is 11.9 Å². The third-order valence-corrected chi connectivity index (χ3v) is 3.07. The lowest BCUT2D eigenvalue weighted by Crippen LogP contribution is -2.21. The van der Waals surface area contributed by atoms with Crippen LogP contribution < -0.4 is 10.1 Å². The molecular formula is C16H26FNO3. The van der Waals surface area contributed by atoms with E-state index in [9.17, 15) is 4.39 Å². The van der Waals surface area contributed by atoms with Gasteiger partial charge in [-0.15, -0.1) is 0 Å². The van der Waals surface area contributed by atoms with Crippen molar-refractivity contribution in [2.75, 3.05) is 40.1 Å². The highest BCUT2D eigenvalue weighted by Gasteiger charge is 2.15. The van der Waals surface area contributed by atoms with Crippen molar-refractivity contribution in [2.24, 2.45) is 0 Å². The molecule has 4 nitrogen and oxygen atoms in total. The van der Waals surface area contributed by atoms with E-state index >= 15 is 0 Å². The molecule has 1 N–H and O–H groups in total. The molecule has 1 atom stereocenters. The van der Waals surface area contributed by atoms with E-state index < -0.39 is 0 Å². The van der Waals surface area contributed by atoms with Gasteiger partial charge in [-0.05, 0) is 26.0 Å². The van der Waals surface area contributed by atoms with Gasteiger partial charge in [0.1, 0.15) is 6.61 Å². The second-order valence-corrected chi connectivity index (χ2v) is 4.79. The van der Waals surface area contributed by atoms with Gasteiger partial charge in [0.25, 0.3) is 0 Å². The average Bonchev–Trinajstić information content (AvgIpc) is 2.49. The fourth-order valence-electron chi connectivity index (χ4n) is 1.94. The second kappa shape index (κ2) is 10.5. The number of hydrogen-bond acceptors (Lipinski definition) is 4. The molecule has 1 unspecified atom stereocenters. The third-order valence-electron chi connectivity index (χ3n) is 3.07. The minimum Gasteiger partial charge on any atom is -0.488 e. The van der Waals surface area contributed by atoms with Crippen LogP contribution in [0.15, 0.2) is 18.2 Å². The summed E-state index contributed by atoms with van der Waals surface area (Å²) in [5, 5.41) is 3.34. The zero-order valence-electron chi connectivity index (χ0n) is 13.2. The topological polar surface area (TPSA) is 39.7 Å². The number of para-hydroxylation sites is 1. The molecule has 1 aromatic carbocycles. The zero-order valence-corrected chi connectivity index (χ0v) is 13.2. The zero-order chi connectivity index (χ0) is 15.5. The van der Waals surface area contributed by atoms with Gasteiger partial charge in [-0.3, -0.25) is 0 Å². The number of hydrogen-bond donors (Lipinski definition) is 1. The van der Waals surface area contributed by atoms with Crippen molar-refractivity contribution in [1.82, 2.24) is 5.32 Å². The van der Waals surface area contributed by atoms with Crippen molar-refractivity contribution in [3.63, 3.8) is 0 Å². The summed E-state index contributed by atoms with van der Waals surface area (Å²) in [6, 6.07) is 5.05. The predicted molar refractivity (Wildman–Crippen MR) is 81.3 cm³/mol. The van der Waals surface area contributed by atoms with Gasteiger partial charge in [-0.25, -0.2) is 4.39 Å². The summed E-state index contributed by atoms with van der Waals surface area (Å²) in [5.74, 6) is -0.0292. The van der Waals surface area contributed by atoms with Gasteiger partial charge < -0.3 is 19.5 Å². The minimum absolute atomic E-state index is 0.0464. The lowest BCUT2D eigenvalue weighted by Gasteiger charge is -2.18. The number of benzene rings is 1. The summed E-state index contributed by atoms with van der Waals surface area (Å²) in [6.07, 6.45) is 1.03. The summed E-state index contributed by atoms with van der Waals surface area (Å²) in [7, 11) is 1.62. The van der Waals surface area contributed by atoms with E-state index in [0.29, 0.717) is 32.2 Å². The molecule has 0 aliphatic rings. The van der Waals surface area contributed by atoms with Crippen molar-refractivity contribution in [2.45, 2.75) is 26.3 Å². The Balaban J connectivity index is 2.55. The summed E-state index contributed by atoms with van der Waals surface area (Å²) >= 11 is 0. The molecule has 0 fully saturated rings. The standard InChI is InChI=1S/C16H26FNO3/c1-4-8-18-13(2)14-6-5-7-15(17)16(14)21-12-11-20-10-9-19-3/h5-7,13,18H,4,8-12H2,1-3H3. The number of halogens is 1. The van der Waals surface area contributed by atoms with Gasteiger partial charge in [0.2, 0.25) is 0 Å². The molecular weight excluding hydrogens is 273 g/mol. The number of nitrogens with one attached hydrogen (secondary N) is 1. The highest BCUT2D eigenvalue weighted by Crippen LogP contribution is 2.28. The van der Waals surface area contributed by atoms with Crippen LogP contribution in [0, 0.1) is 5.82 Å². The fourth-order valence-corrected chi connectivity index (χ4v) is 1.94. The van der Waals surface area contributed by atoms with Gasteiger partial charge in [0, 0.05) is 18.7 Å². The van der Waals surface area contributed by atoms with Gasteiger partial charge >= 0.3 is 0 Å². The van der Waals surface area contributed by atoms with Gasteiger partial charge in [-0.2, -0.15) is 0 Å². The first kappa shape index (κ1) is 17.9. The largest absolute Gasteiger partial charge is 0.488 e. The van der Waals surface area contributed by atoms with Crippen LogP contribution in [0.3, 0.4) is 0 Å². The minimum atomic E-state index is -0.338. The highest BCUT2D eigenvalue weighted by atomic mass is 19.1. The molecule has 0 aliphatic carbocycles. The monoisotopic (exact) mass is 299 g/mol. The molecule has 0 radical (unpaired) electrons. The first-order valence-electron chi connectivity index (χ1n) is 7.42. The van der Waals surface area contributed by atoms with Crippen molar-refractivity contribution in [1.29, 1.82) is 0 Å². The Hall–Kier alpha value is -1.17. The number of rotatable bonds is 11. The Kier molecular flexibility index (Phi) is 8.98. The van der Waals surface area contributed by atoms with Crippen LogP contribution in [0.4, 0.5) is 4.39 Å². The second-order valence-electron chi connectivity index (χ2n) is 4.79. The maximum absolute atomic E-state index is 13.9. The normalized spacial score (nSPS) is 12.4. The van der Waals surface area contributed by atoms with Crippen LogP contribution in [-0.2, 0) is 9.47 Å². The van der Waals surface area contributed by atoms with E-state index in [1.165, 1.54) is 6.07 Å². The van der Waals surface area contributed by atoms with E-state index in [2.05, 4.69) is 12.2 Å². The Morgan fingerprint density at radius 3 is 2.67 bits per heavy atom.